The van der Waals surface area contributed by atoms with Crippen molar-refractivity contribution >= 4 is 21.6 Å². The van der Waals surface area contributed by atoms with Crippen LogP contribution in [0.1, 0.15) is 32.3 Å². The molecular weight excluding hydrogens is 286 g/mol. The summed E-state index contributed by atoms with van der Waals surface area (Å²) in [5.41, 5.74) is -0.325. The summed E-state index contributed by atoms with van der Waals surface area (Å²) < 4.78 is 26.8. The van der Waals surface area contributed by atoms with Gasteiger partial charge in [0.1, 0.15) is 4.90 Å². The maximum absolute atomic E-state index is 12.2. The first-order valence-electron chi connectivity index (χ1n) is 6.23. The molecule has 0 aliphatic carbocycles. The molecule has 0 saturated heterocycles. The number of aliphatic hydroxyl groups is 1. The first kappa shape index (κ1) is 16.4. The number of hydrogen-bond acceptors (Lipinski definition) is 3. The Kier molecular flexibility index (Phi) is 5.38. The number of hydrogen-bond donors (Lipinski definition) is 2. The van der Waals surface area contributed by atoms with Crippen LogP contribution in [-0.4, -0.2) is 25.7 Å². The van der Waals surface area contributed by atoms with Crippen LogP contribution in [0.15, 0.2) is 23.1 Å². The van der Waals surface area contributed by atoms with Crippen LogP contribution in [0.25, 0.3) is 0 Å². The van der Waals surface area contributed by atoms with Gasteiger partial charge in [0.2, 0.25) is 10.0 Å². The zero-order valence-electron chi connectivity index (χ0n) is 11.4. The molecule has 0 aliphatic rings. The van der Waals surface area contributed by atoms with Gasteiger partial charge in [0.15, 0.2) is 0 Å². The normalized spacial score (nSPS) is 12.7. The molecule has 0 fully saturated rings. The molecule has 6 heteroatoms. The van der Waals surface area contributed by atoms with Crippen molar-refractivity contribution in [2.75, 3.05) is 6.54 Å². The smallest absolute Gasteiger partial charge is 0.242 e. The summed E-state index contributed by atoms with van der Waals surface area (Å²) in [6, 6.07) is 4.84. The molecule has 0 atom stereocenters. The summed E-state index contributed by atoms with van der Waals surface area (Å²) in [5.74, 6) is 0. The molecule has 2 N–H and O–H groups in total. The molecule has 0 aromatic heterocycles. The molecule has 108 valence electrons. The molecule has 1 rings (SSSR count). The van der Waals surface area contributed by atoms with Crippen LogP contribution in [-0.2, 0) is 10.0 Å². The van der Waals surface area contributed by atoms with E-state index in [-0.39, 0.29) is 16.5 Å². The lowest BCUT2D eigenvalue weighted by Crippen LogP contribution is -2.42. The van der Waals surface area contributed by atoms with E-state index in [2.05, 4.69) is 4.72 Å². The van der Waals surface area contributed by atoms with Crippen LogP contribution in [0.2, 0.25) is 5.02 Å². The minimum Gasteiger partial charge on any atom is -0.389 e. The third-order valence-corrected chi connectivity index (χ3v) is 5.41. The Hall–Kier alpha value is -0.620. The Bertz CT molecular complexity index is 539. The SMILES string of the molecule is CCC(O)(CC)CNS(=O)(=O)c1cccc(C)c1Cl. The lowest BCUT2D eigenvalue weighted by Gasteiger charge is -2.25. The molecule has 0 unspecified atom stereocenters. The number of benzene rings is 1. The maximum Gasteiger partial charge on any atom is 0.242 e. The second kappa shape index (κ2) is 6.22. The lowest BCUT2D eigenvalue weighted by atomic mass is 9.98. The van der Waals surface area contributed by atoms with E-state index in [1.165, 1.54) is 6.07 Å². The van der Waals surface area contributed by atoms with Gasteiger partial charge in [-0.2, -0.15) is 0 Å². The Labute approximate surface area is 119 Å². The molecule has 1 aromatic rings. The average Bonchev–Trinajstić information content (AvgIpc) is 2.39. The molecule has 19 heavy (non-hydrogen) atoms. The molecule has 4 nitrogen and oxygen atoms in total. The third kappa shape index (κ3) is 3.92. The lowest BCUT2D eigenvalue weighted by molar-refractivity contribution is 0.0377. The van der Waals surface area contributed by atoms with E-state index >= 15 is 0 Å². The molecule has 0 radical (unpaired) electrons. The summed E-state index contributed by atoms with van der Waals surface area (Å²) >= 11 is 6.01. The average molecular weight is 306 g/mol. The van der Waals surface area contributed by atoms with Crippen molar-refractivity contribution in [3.05, 3.63) is 28.8 Å². The van der Waals surface area contributed by atoms with E-state index in [9.17, 15) is 13.5 Å². The van der Waals surface area contributed by atoms with Gasteiger partial charge in [0.25, 0.3) is 0 Å². The van der Waals surface area contributed by atoms with Gasteiger partial charge in [-0.1, -0.05) is 37.6 Å². The predicted octanol–water partition coefficient (Wildman–Crippen LogP) is 2.48. The van der Waals surface area contributed by atoms with Gasteiger partial charge in [-0.15, -0.1) is 0 Å². The highest BCUT2D eigenvalue weighted by Gasteiger charge is 2.26. The fraction of sp³-hybridized carbons (Fsp3) is 0.538. The summed E-state index contributed by atoms with van der Waals surface area (Å²) in [7, 11) is -3.71. The van der Waals surface area contributed by atoms with E-state index in [0.717, 1.165) is 0 Å². The first-order valence-corrected chi connectivity index (χ1v) is 8.09. The van der Waals surface area contributed by atoms with Crippen LogP contribution in [0.3, 0.4) is 0 Å². The van der Waals surface area contributed by atoms with Crippen LogP contribution in [0, 0.1) is 6.92 Å². The molecule has 0 heterocycles. The number of rotatable bonds is 6. The van der Waals surface area contributed by atoms with Gasteiger partial charge in [-0.25, -0.2) is 13.1 Å². The van der Waals surface area contributed by atoms with Crippen molar-refractivity contribution in [1.82, 2.24) is 4.72 Å². The molecule has 0 spiro atoms. The standard InChI is InChI=1S/C13H20ClNO3S/c1-4-13(16,5-2)9-15-19(17,18)11-8-6-7-10(3)12(11)14/h6-8,15-16H,4-5,9H2,1-3H3. The Morgan fingerprint density at radius 3 is 2.42 bits per heavy atom. The molecule has 1 aromatic carbocycles. The van der Waals surface area contributed by atoms with Crippen LogP contribution in [0.4, 0.5) is 0 Å². The minimum absolute atomic E-state index is 0.0212. The molecule has 0 bridgehead atoms. The molecule has 0 amide bonds. The van der Waals surface area contributed by atoms with E-state index in [1.54, 1.807) is 19.1 Å². The van der Waals surface area contributed by atoms with E-state index in [4.69, 9.17) is 11.6 Å². The summed E-state index contributed by atoms with van der Waals surface area (Å²) in [4.78, 5) is 0.0451. The van der Waals surface area contributed by atoms with Crippen LogP contribution < -0.4 is 4.72 Å². The number of halogens is 1. The highest BCUT2D eigenvalue weighted by molar-refractivity contribution is 7.89. The van der Waals surface area contributed by atoms with Crippen molar-refractivity contribution in [1.29, 1.82) is 0 Å². The molecule has 0 aliphatic heterocycles. The maximum atomic E-state index is 12.2. The van der Waals surface area contributed by atoms with Crippen molar-refractivity contribution in [2.24, 2.45) is 0 Å². The minimum atomic E-state index is -3.71. The fourth-order valence-electron chi connectivity index (χ4n) is 1.64. The van der Waals surface area contributed by atoms with Gasteiger partial charge in [-0.3, -0.25) is 0 Å². The molecular formula is C13H20ClNO3S. The Morgan fingerprint density at radius 1 is 1.32 bits per heavy atom. The van der Waals surface area contributed by atoms with Crippen molar-refractivity contribution in [2.45, 2.75) is 44.1 Å². The van der Waals surface area contributed by atoms with E-state index in [0.29, 0.717) is 18.4 Å². The van der Waals surface area contributed by atoms with Crippen molar-refractivity contribution < 1.29 is 13.5 Å². The van der Waals surface area contributed by atoms with Crippen LogP contribution in [0.5, 0.6) is 0 Å². The number of nitrogens with one attached hydrogen (secondary N) is 1. The summed E-state index contributed by atoms with van der Waals surface area (Å²) in [6.07, 6.45) is 0.959. The largest absolute Gasteiger partial charge is 0.389 e. The number of aryl methyl sites for hydroxylation is 1. The van der Waals surface area contributed by atoms with Gasteiger partial charge in [-0.05, 0) is 31.4 Å². The van der Waals surface area contributed by atoms with Gasteiger partial charge in [0, 0.05) is 6.54 Å². The fourth-order valence-corrected chi connectivity index (χ4v) is 3.33. The van der Waals surface area contributed by atoms with Gasteiger partial charge < -0.3 is 5.11 Å². The quantitative estimate of drug-likeness (QED) is 0.848. The zero-order valence-corrected chi connectivity index (χ0v) is 13.0. The first-order chi connectivity index (χ1) is 8.75. The van der Waals surface area contributed by atoms with Gasteiger partial charge >= 0.3 is 0 Å². The highest BCUT2D eigenvalue weighted by atomic mass is 35.5. The monoisotopic (exact) mass is 305 g/mol. The highest BCUT2D eigenvalue weighted by Crippen LogP contribution is 2.25. The topological polar surface area (TPSA) is 66.4 Å². The van der Waals surface area contributed by atoms with Crippen molar-refractivity contribution in [3.63, 3.8) is 0 Å². The third-order valence-electron chi connectivity index (χ3n) is 3.35. The summed E-state index contributed by atoms with van der Waals surface area (Å²) in [5, 5.41) is 10.3. The number of sulfonamides is 1. The van der Waals surface area contributed by atoms with Crippen molar-refractivity contribution in [3.8, 4) is 0 Å². The Morgan fingerprint density at radius 2 is 1.89 bits per heavy atom. The van der Waals surface area contributed by atoms with E-state index in [1.807, 2.05) is 13.8 Å². The van der Waals surface area contributed by atoms with Crippen LogP contribution >= 0.6 is 11.6 Å². The zero-order chi connectivity index (χ0) is 14.7. The van der Waals surface area contributed by atoms with Gasteiger partial charge in [0.05, 0.1) is 10.6 Å². The van der Waals surface area contributed by atoms with E-state index < -0.39 is 15.6 Å². The molecule has 0 saturated carbocycles. The second-order valence-electron chi connectivity index (χ2n) is 4.64. The second-order valence-corrected chi connectivity index (χ2v) is 6.76. The predicted molar refractivity (Wildman–Crippen MR) is 76.9 cm³/mol. The Balaban J connectivity index is 2.97. The summed E-state index contributed by atoms with van der Waals surface area (Å²) in [6.45, 7) is 5.36.